The summed E-state index contributed by atoms with van der Waals surface area (Å²) in [6.45, 7) is -0.544. The fourth-order valence-corrected chi connectivity index (χ4v) is 0.978. The van der Waals surface area contributed by atoms with Gasteiger partial charge in [-0.25, -0.2) is 4.79 Å². The Morgan fingerprint density at radius 3 is 2.38 bits per heavy atom. The predicted octanol–water partition coefficient (Wildman–Crippen LogP) is -0.736. The molecule has 1 heterocycles. The molecule has 0 atom stereocenters. The first-order valence-electron chi connectivity index (χ1n) is 3.80. The lowest BCUT2D eigenvalue weighted by molar-refractivity contribution is -0.136. The van der Waals surface area contributed by atoms with Crippen molar-refractivity contribution in [2.45, 2.75) is 12.8 Å². The number of likely N-dealkylation sites (tertiary alicyclic amines) is 1. The van der Waals surface area contributed by atoms with Gasteiger partial charge in [0.15, 0.2) is 0 Å². The summed E-state index contributed by atoms with van der Waals surface area (Å²) < 4.78 is 4.41. The Kier molecular flexibility index (Phi) is 2.97. The van der Waals surface area contributed by atoms with Crippen molar-refractivity contribution >= 4 is 17.9 Å². The quantitative estimate of drug-likeness (QED) is 0.576. The van der Waals surface area contributed by atoms with Gasteiger partial charge in [-0.1, -0.05) is 0 Å². The van der Waals surface area contributed by atoms with Crippen molar-refractivity contribution in [3.63, 3.8) is 0 Å². The van der Waals surface area contributed by atoms with Gasteiger partial charge in [-0.3, -0.25) is 9.59 Å². The maximum absolute atomic E-state index is 11.0. The summed E-state index contributed by atoms with van der Waals surface area (Å²) in [5.41, 5.74) is 0. The topological polar surface area (TPSA) is 83.9 Å². The predicted molar refractivity (Wildman–Crippen MR) is 39.5 cm³/mol. The van der Waals surface area contributed by atoms with Crippen LogP contribution in [-0.4, -0.2) is 41.1 Å². The normalized spacial score (nSPS) is 16.5. The number of ether oxygens (including phenoxy) is 1. The van der Waals surface area contributed by atoms with Gasteiger partial charge in [0.2, 0.25) is 11.8 Å². The first-order valence-corrected chi connectivity index (χ1v) is 3.80. The fraction of sp³-hybridized carbons (Fsp3) is 0.571. The van der Waals surface area contributed by atoms with E-state index in [9.17, 15) is 14.4 Å². The van der Waals surface area contributed by atoms with Gasteiger partial charge in [-0.05, 0) is 0 Å². The van der Waals surface area contributed by atoms with E-state index in [4.69, 9.17) is 5.11 Å². The molecule has 1 saturated heterocycles. The van der Waals surface area contributed by atoms with Crippen LogP contribution in [0.1, 0.15) is 12.8 Å². The van der Waals surface area contributed by atoms with Gasteiger partial charge in [-0.2, -0.15) is 4.90 Å². The van der Waals surface area contributed by atoms with Crippen molar-refractivity contribution in [3.05, 3.63) is 0 Å². The molecule has 72 valence electrons. The molecule has 3 amide bonds. The number of nitrogens with zero attached hydrogens (tertiary/aromatic N) is 1. The monoisotopic (exact) mass is 187 g/mol. The second kappa shape index (κ2) is 3.99. The number of carbonyl (C=O) groups is 3. The maximum Gasteiger partial charge on any atom is 0.423 e. The van der Waals surface area contributed by atoms with Crippen LogP contribution in [-0.2, 0) is 14.3 Å². The van der Waals surface area contributed by atoms with E-state index < -0.39 is 17.9 Å². The van der Waals surface area contributed by atoms with E-state index in [2.05, 4.69) is 4.74 Å². The number of aliphatic hydroxyl groups is 1. The molecule has 6 heteroatoms. The number of carbonyl (C=O) groups excluding carboxylic acids is 3. The molecule has 13 heavy (non-hydrogen) atoms. The molecule has 0 spiro atoms. The molecule has 1 aliphatic rings. The minimum Gasteiger partial charge on any atom is -0.446 e. The van der Waals surface area contributed by atoms with Crippen LogP contribution in [0.2, 0.25) is 0 Å². The van der Waals surface area contributed by atoms with E-state index in [1.54, 1.807) is 0 Å². The zero-order valence-electron chi connectivity index (χ0n) is 6.86. The number of hydrogen-bond donors (Lipinski definition) is 1. The van der Waals surface area contributed by atoms with Crippen molar-refractivity contribution in [1.82, 2.24) is 4.90 Å². The Morgan fingerprint density at radius 1 is 1.38 bits per heavy atom. The molecular formula is C7H9NO5. The van der Waals surface area contributed by atoms with Crippen molar-refractivity contribution in [2.24, 2.45) is 0 Å². The summed E-state index contributed by atoms with van der Waals surface area (Å²) in [7, 11) is 0. The highest BCUT2D eigenvalue weighted by Crippen LogP contribution is 2.12. The van der Waals surface area contributed by atoms with Crippen LogP contribution in [0.5, 0.6) is 0 Å². The molecule has 0 bridgehead atoms. The summed E-state index contributed by atoms with van der Waals surface area (Å²) in [6.07, 6.45) is -0.901. The maximum atomic E-state index is 11.0. The van der Waals surface area contributed by atoms with Gasteiger partial charge in [0.1, 0.15) is 6.61 Å². The first-order chi connectivity index (χ1) is 6.16. The van der Waals surface area contributed by atoms with Crippen molar-refractivity contribution < 1.29 is 24.2 Å². The average Bonchev–Trinajstić information content (AvgIpc) is 2.42. The van der Waals surface area contributed by atoms with E-state index in [0.29, 0.717) is 4.90 Å². The highest BCUT2D eigenvalue weighted by atomic mass is 16.6. The molecule has 1 N–H and O–H groups in total. The van der Waals surface area contributed by atoms with Gasteiger partial charge in [-0.15, -0.1) is 0 Å². The lowest BCUT2D eigenvalue weighted by atomic mass is 10.4. The van der Waals surface area contributed by atoms with E-state index in [1.165, 1.54) is 0 Å². The van der Waals surface area contributed by atoms with Gasteiger partial charge >= 0.3 is 6.09 Å². The summed E-state index contributed by atoms with van der Waals surface area (Å²) in [4.78, 5) is 33.3. The number of aliphatic hydroxyl groups excluding tert-OH is 1. The third-order valence-corrected chi connectivity index (χ3v) is 1.55. The second-order valence-corrected chi connectivity index (χ2v) is 2.46. The first kappa shape index (κ1) is 9.66. The third-order valence-electron chi connectivity index (χ3n) is 1.55. The standard InChI is InChI=1S/C7H9NO5/c9-3-4-13-7(12)8-5(10)1-2-6(8)11/h9H,1-4H2. The Hall–Kier alpha value is -1.43. The molecule has 0 aromatic heterocycles. The summed E-state index contributed by atoms with van der Waals surface area (Å²) >= 11 is 0. The van der Waals surface area contributed by atoms with E-state index in [1.807, 2.05) is 0 Å². The molecule has 1 fully saturated rings. The van der Waals surface area contributed by atoms with Crippen LogP contribution >= 0.6 is 0 Å². The van der Waals surface area contributed by atoms with Crippen LogP contribution < -0.4 is 0 Å². The van der Waals surface area contributed by atoms with E-state index in [0.717, 1.165) is 0 Å². The molecule has 0 radical (unpaired) electrons. The number of rotatable bonds is 2. The Labute approximate surface area is 74.1 Å². The molecule has 1 rings (SSSR count). The van der Waals surface area contributed by atoms with E-state index >= 15 is 0 Å². The van der Waals surface area contributed by atoms with Gasteiger partial charge in [0.05, 0.1) is 6.61 Å². The summed E-state index contributed by atoms with van der Waals surface area (Å²) in [6, 6.07) is 0. The number of hydrogen-bond acceptors (Lipinski definition) is 5. The highest BCUT2D eigenvalue weighted by Gasteiger charge is 2.35. The van der Waals surface area contributed by atoms with Gasteiger partial charge in [0.25, 0.3) is 0 Å². The molecule has 0 saturated carbocycles. The van der Waals surface area contributed by atoms with Crippen LogP contribution in [0.15, 0.2) is 0 Å². The molecule has 0 aromatic rings. The highest BCUT2D eigenvalue weighted by molar-refractivity contribution is 6.13. The Morgan fingerprint density at radius 2 is 1.92 bits per heavy atom. The molecular weight excluding hydrogens is 178 g/mol. The minimum absolute atomic E-state index is 0.0487. The second-order valence-electron chi connectivity index (χ2n) is 2.46. The third kappa shape index (κ3) is 2.03. The Balaban J connectivity index is 2.54. The zero-order chi connectivity index (χ0) is 9.84. The smallest absolute Gasteiger partial charge is 0.423 e. The minimum atomic E-state index is -0.999. The number of amides is 3. The lowest BCUT2D eigenvalue weighted by Crippen LogP contribution is -2.36. The average molecular weight is 187 g/mol. The fourth-order valence-electron chi connectivity index (χ4n) is 0.978. The molecule has 1 aliphatic heterocycles. The van der Waals surface area contributed by atoms with E-state index in [-0.39, 0.29) is 26.1 Å². The van der Waals surface area contributed by atoms with Crippen molar-refractivity contribution in [1.29, 1.82) is 0 Å². The van der Waals surface area contributed by atoms with Gasteiger partial charge < -0.3 is 9.84 Å². The molecule has 0 unspecified atom stereocenters. The SMILES string of the molecule is O=C1CCC(=O)N1C(=O)OCCO. The van der Waals surface area contributed by atoms with Crippen LogP contribution in [0.3, 0.4) is 0 Å². The van der Waals surface area contributed by atoms with Crippen LogP contribution in [0, 0.1) is 0 Å². The van der Waals surface area contributed by atoms with Crippen LogP contribution in [0.25, 0.3) is 0 Å². The molecule has 6 nitrogen and oxygen atoms in total. The largest absolute Gasteiger partial charge is 0.446 e. The van der Waals surface area contributed by atoms with Gasteiger partial charge in [0, 0.05) is 12.8 Å². The molecule has 0 aromatic carbocycles. The molecule has 0 aliphatic carbocycles. The van der Waals surface area contributed by atoms with Crippen molar-refractivity contribution in [3.8, 4) is 0 Å². The zero-order valence-corrected chi connectivity index (χ0v) is 6.86. The van der Waals surface area contributed by atoms with Crippen LogP contribution in [0.4, 0.5) is 4.79 Å². The number of imide groups is 3. The summed E-state index contributed by atoms with van der Waals surface area (Å²) in [5, 5.41) is 8.32. The Bertz CT molecular complexity index is 233. The lowest BCUT2D eigenvalue weighted by Gasteiger charge is -2.10. The van der Waals surface area contributed by atoms with Crippen molar-refractivity contribution in [2.75, 3.05) is 13.2 Å². The summed E-state index contributed by atoms with van der Waals surface area (Å²) in [5.74, 6) is -1.10.